The van der Waals surface area contributed by atoms with Gasteiger partial charge in [0.25, 0.3) is 0 Å². The second-order valence-electron chi connectivity index (χ2n) is 7.68. The number of hydrogen-bond donors (Lipinski definition) is 0. The van der Waals surface area contributed by atoms with Crippen LogP contribution in [-0.2, 0) is 4.74 Å². The van der Waals surface area contributed by atoms with Crippen molar-refractivity contribution in [1.82, 2.24) is 4.90 Å². The SMILES string of the molecule is CC(C)C1(C)C(C)OC1C.CC(C)C1=NC(C)C(C)N1C. The molecule has 2 heterocycles. The summed E-state index contributed by atoms with van der Waals surface area (Å²) in [5.41, 5.74) is 0.417. The highest BCUT2D eigenvalue weighted by molar-refractivity contribution is 5.86. The molecule has 2 aliphatic heterocycles. The van der Waals surface area contributed by atoms with Crippen molar-refractivity contribution in [3.63, 3.8) is 0 Å². The summed E-state index contributed by atoms with van der Waals surface area (Å²) >= 11 is 0. The Labute approximate surface area is 132 Å². The Morgan fingerprint density at radius 1 is 1.05 bits per heavy atom. The molecule has 0 saturated carbocycles. The van der Waals surface area contributed by atoms with Crippen molar-refractivity contribution in [2.75, 3.05) is 7.05 Å². The predicted molar refractivity (Wildman–Crippen MR) is 91.9 cm³/mol. The Balaban J connectivity index is 0.000000211. The summed E-state index contributed by atoms with van der Waals surface area (Å²) < 4.78 is 5.52. The van der Waals surface area contributed by atoms with E-state index in [1.165, 1.54) is 5.84 Å². The fourth-order valence-electron chi connectivity index (χ4n) is 3.29. The van der Waals surface area contributed by atoms with Gasteiger partial charge in [-0.25, -0.2) is 0 Å². The summed E-state index contributed by atoms with van der Waals surface area (Å²) in [7, 11) is 2.13. The topological polar surface area (TPSA) is 24.8 Å². The van der Waals surface area contributed by atoms with E-state index in [1.807, 2.05) is 0 Å². The van der Waals surface area contributed by atoms with Crippen molar-refractivity contribution < 1.29 is 4.74 Å². The second-order valence-corrected chi connectivity index (χ2v) is 7.68. The van der Waals surface area contributed by atoms with Gasteiger partial charge in [-0.1, -0.05) is 34.6 Å². The molecule has 0 aromatic heterocycles. The Morgan fingerprint density at radius 3 is 1.67 bits per heavy atom. The third kappa shape index (κ3) is 3.44. The summed E-state index contributed by atoms with van der Waals surface area (Å²) in [6.45, 7) is 20.0. The Bertz CT molecular complexity index is 358. The monoisotopic (exact) mass is 296 g/mol. The van der Waals surface area contributed by atoms with Crippen LogP contribution in [0.15, 0.2) is 4.99 Å². The van der Waals surface area contributed by atoms with Crippen LogP contribution in [0.1, 0.15) is 62.3 Å². The third-order valence-electron chi connectivity index (χ3n) is 5.93. The van der Waals surface area contributed by atoms with Gasteiger partial charge in [0, 0.05) is 24.4 Å². The normalized spacial score (nSPS) is 39.0. The quantitative estimate of drug-likeness (QED) is 0.762. The van der Waals surface area contributed by atoms with Crippen LogP contribution in [0.3, 0.4) is 0 Å². The first kappa shape index (κ1) is 18.5. The molecule has 1 saturated heterocycles. The molecule has 0 N–H and O–H groups in total. The van der Waals surface area contributed by atoms with Gasteiger partial charge in [-0.2, -0.15) is 0 Å². The second kappa shape index (κ2) is 6.68. The first-order chi connectivity index (χ1) is 9.53. The van der Waals surface area contributed by atoms with Gasteiger partial charge in [-0.05, 0) is 33.6 Å². The van der Waals surface area contributed by atoms with Crippen LogP contribution in [0.2, 0.25) is 0 Å². The average molecular weight is 296 g/mol. The van der Waals surface area contributed by atoms with Crippen molar-refractivity contribution in [2.45, 2.75) is 86.6 Å². The molecule has 2 rings (SSSR count). The summed E-state index contributed by atoms with van der Waals surface area (Å²) in [4.78, 5) is 6.88. The largest absolute Gasteiger partial charge is 0.374 e. The van der Waals surface area contributed by atoms with Gasteiger partial charge in [0.2, 0.25) is 0 Å². The minimum Gasteiger partial charge on any atom is -0.374 e. The molecular weight excluding hydrogens is 260 g/mol. The number of amidine groups is 1. The number of nitrogens with zero attached hydrogens (tertiary/aromatic N) is 2. The van der Waals surface area contributed by atoms with Gasteiger partial charge < -0.3 is 9.64 Å². The predicted octanol–water partition coefficient (Wildman–Crippen LogP) is 4.22. The number of hydrogen-bond acceptors (Lipinski definition) is 3. The summed E-state index contributed by atoms with van der Waals surface area (Å²) in [6.07, 6.45) is 0.894. The van der Waals surface area contributed by atoms with E-state index < -0.39 is 0 Å². The molecule has 0 aromatic rings. The zero-order valence-electron chi connectivity index (χ0n) is 15.8. The van der Waals surface area contributed by atoms with Crippen LogP contribution in [0.5, 0.6) is 0 Å². The van der Waals surface area contributed by atoms with Gasteiger partial charge >= 0.3 is 0 Å². The van der Waals surface area contributed by atoms with Crippen LogP contribution in [0, 0.1) is 17.3 Å². The molecule has 0 aromatic carbocycles. The minimum absolute atomic E-state index is 0.417. The van der Waals surface area contributed by atoms with Crippen molar-refractivity contribution in [3.8, 4) is 0 Å². The lowest BCUT2D eigenvalue weighted by molar-refractivity contribution is -0.244. The van der Waals surface area contributed by atoms with Gasteiger partial charge in [0.1, 0.15) is 5.84 Å². The van der Waals surface area contributed by atoms with E-state index in [9.17, 15) is 0 Å². The third-order valence-corrected chi connectivity index (χ3v) is 5.93. The van der Waals surface area contributed by atoms with E-state index in [1.54, 1.807) is 0 Å². The highest BCUT2D eigenvalue weighted by Gasteiger charge is 2.49. The highest BCUT2D eigenvalue weighted by atomic mass is 16.5. The Kier molecular flexibility index (Phi) is 5.88. The highest BCUT2D eigenvalue weighted by Crippen LogP contribution is 2.46. The van der Waals surface area contributed by atoms with E-state index in [0.29, 0.717) is 35.6 Å². The molecule has 0 spiro atoms. The first-order valence-electron chi connectivity index (χ1n) is 8.49. The van der Waals surface area contributed by atoms with Gasteiger partial charge in [0.15, 0.2) is 0 Å². The number of rotatable bonds is 2. The average Bonchev–Trinajstić information content (AvgIpc) is 2.66. The molecular formula is C18H36N2O. The molecule has 0 radical (unpaired) electrons. The van der Waals surface area contributed by atoms with E-state index in [-0.39, 0.29) is 0 Å². The Hall–Kier alpha value is -0.570. The zero-order chi connectivity index (χ0) is 16.5. The van der Waals surface area contributed by atoms with Gasteiger partial charge in [0.05, 0.1) is 18.2 Å². The van der Waals surface area contributed by atoms with Crippen LogP contribution >= 0.6 is 0 Å². The molecule has 4 atom stereocenters. The van der Waals surface area contributed by atoms with Crippen molar-refractivity contribution in [2.24, 2.45) is 22.2 Å². The van der Waals surface area contributed by atoms with Crippen molar-refractivity contribution in [3.05, 3.63) is 0 Å². The summed E-state index contributed by atoms with van der Waals surface area (Å²) in [5.74, 6) is 2.55. The minimum atomic E-state index is 0.417. The van der Waals surface area contributed by atoms with E-state index in [0.717, 1.165) is 5.92 Å². The maximum atomic E-state index is 5.52. The number of aliphatic imine (C=N–C) groups is 1. The van der Waals surface area contributed by atoms with Crippen molar-refractivity contribution in [1.29, 1.82) is 0 Å². The molecule has 1 fully saturated rings. The van der Waals surface area contributed by atoms with Crippen LogP contribution in [-0.4, -0.2) is 42.1 Å². The van der Waals surface area contributed by atoms with E-state index in [4.69, 9.17) is 4.74 Å². The summed E-state index contributed by atoms with van der Waals surface area (Å²) in [5, 5.41) is 0. The lowest BCUT2D eigenvalue weighted by Crippen LogP contribution is -2.57. The fraction of sp³-hybridized carbons (Fsp3) is 0.944. The Morgan fingerprint density at radius 2 is 1.52 bits per heavy atom. The number of likely N-dealkylation sites (N-methyl/N-ethyl adjacent to an activating group) is 1. The van der Waals surface area contributed by atoms with E-state index >= 15 is 0 Å². The lowest BCUT2D eigenvalue weighted by Gasteiger charge is -2.54. The van der Waals surface area contributed by atoms with Crippen LogP contribution < -0.4 is 0 Å². The molecule has 4 unspecified atom stereocenters. The standard InChI is InChI=1S/C9H18N2.C9H18O/c1-6(2)9-10-7(3)8(4)11(9)5;1-6(2)9(5)7(3)10-8(9)4/h6-8H,1-5H3;6-8H,1-5H3. The molecule has 3 nitrogen and oxygen atoms in total. The molecule has 21 heavy (non-hydrogen) atoms. The van der Waals surface area contributed by atoms with Crippen LogP contribution in [0.25, 0.3) is 0 Å². The molecule has 2 aliphatic rings. The first-order valence-corrected chi connectivity index (χ1v) is 8.49. The molecule has 3 heteroatoms. The maximum absolute atomic E-state index is 5.52. The smallest absolute Gasteiger partial charge is 0.102 e. The van der Waals surface area contributed by atoms with Crippen LogP contribution in [0.4, 0.5) is 0 Å². The maximum Gasteiger partial charge on any atom is 0.102 e. The fourth-order valence-corrected chi connectivity index (χ4v) is 3.29. The lowest BCUT2D eigenvalue weighted by atomic mass is 9.67. The molecule has 0 bridgehead atoms. The molecule has 0 amide bonds. The number of ether oxygens (including phenoxy) is 1. The van der Waals surface area contributed by atoms with Gasteiger partial charge in [-0.15, -0.1) is 0 Å². The zero-order valence-corrected chi connectivity index (χ0v) is 15.8. The van der Waals surface area contributed by atoms with Gasteiger partial charge in [-0.3, -0.25) is 4.99 Å². The molecule has 0 aliphatic carbocycles. The molecule has 124 valence electrons. The van der Waals surface area contributed by atoms with E-state index in [2.05, 4.69) is 79.3 Å². The van der Waals surface area contributed by atoms with Crippen molar-refractivity contribution >= 4 is 5.84 Å². The summed E-state index contributed by atoms with van der Waals surface area (Å²) in [6, 6.07) is 1.05.